The Morgan fingerprint density at radius 2 is 2.00 bits per heavy atom. The molecule has 31 heavy (non-hydrogen) atoms. The third-order valence-corrected chi connectivity index (χ3v) is 5.68. The van der Waals surface area contributed by atoms with E-state index in [1.807, 2.05) is 24.8 Å². The summed E-state index contributed by atoms with van der Waals surface area (Å²) in [5.41, 5.74) is 7.12. The van der Waals surface area contributed by atoms with Crippen molar-refractivity contribution in [2.75, 3.05) is 29.9 Å². The molecule has 3 heterocycles. The molecule has 2 aromatic heterocycles. The molecule has 11 heteroatoms. The van der Waals surface area contributed by atoms with Gasteiger partial charge in [0.1, 0.15) is 11.6 Å². The van der Waals surface area contributed by atoms with E-state index >= 15 is 0 Å². The summed E-state index contributed by atoms with van der Waals surface area (Å²) in [6, 6.07) is 3.59. The quantitative estimate of drug-likeness (QED) is 0.738. The van der Waals surface area contributed by atoms with Gasteiger partial charge in [-0.05, 0) is 32.8 Å². The molecular formula is C20H27F2N7O2. The second-order valence-electron chi connectivity index (χ2n) is 8.23. The topological polar surface area (TPSA) is 111 Å². The van der Waals surface area contributed by atoms with E-state index in [1.165, 1.54) is 0 Å². The predicted octanol–water partition coefficient (Wildman–Crippen LogP) is 1.96. The first kappa shape index (κ1) is 21.4. The maximum absolute atomic E-state index is 13.5. The van der Waals surface area contributed by atoms with Crippen molar-refractivity contribution in [2.24, 2.45) is 5.73 Å². The summed E-state index contributed by atoms with van der Waals surface area (Å²) in [4.78, 5) is 22.8. The Bertz CT molecular complexity index is 955. The highest BCUT2D eigenvalue weighted by atomic mass is 19.3. The third kappa shape index (κ3) is 4.92. The molecular weight excluding hydrogens is 408 g/mol. The number of aromatic nitrogens is 4. The van der Waals surface area contributed by atoms with E-state index < -0.39 is 17.9 Å². The van der Waals surface area contributed by atoms with Gasteiger partial charge in [-0.15, -0.1) is 0 Å². The normalized spacial score (nSPS) is 21.8. The summed E-state index contributed by atoms with van der Waals surface area (Å²) in [7, 11) is 0. The van der Waals surface area contributed by atoms with Gasteiger partial charge in [-0.25, -0.2) is 13.5 Å². The maximum atomic E-state index is 13.5. The van der Waals surface area contributed by atoms with Crippen LogP contribution in [0.5, 0.6) is 0 Å². The Morgan fingerprint density at radius 3 is 2.65 bits per heavy atom. The largest absolute Gasteiger partial charge is 0.367 e. The summed E-state index contributed by atoms with van der Waals surface area (Å²) in [5, 5.41) is 7.76. The average Bonchev–Trinajstić information content (AvgIpc) is 3.07. The summed E-state index contributed by atoms with van der Waals surface area (Å²) >= 11 is 0. The zero-order valence-electron chi connectivity index (χ0n) is 17.6. The van der Waals surface area contributed by atoms with Gasteiger partial charge in [0.2, 0.25) is 11.8 Å². The first-order valence-electron chi connectivity index (χ1n) is 10.4. The molecule has 3 N–H and O–H groups in total. The first-order valence-corrected chi connectivity index (χ1v) is 10.4. The number of nitrogens with one attached hydrogen (secondary N) is 1. The molecule has 1 atom stereocenters. The standard InChI is InChI=1S/C20H27F2N7O2/c1-12-9-13(2)29(27-12)19-25-16(24-14-3-5-20(21,22)6-4-14)10-17(26-19)28-7-8-31-15(11-28)18(23)30/h9-10,14-15H,3-8,11H2,1-2H3,(H2,23,30)(H,24,25,26). The number of carbonyl (C=O) groups excluding carboxylic acids is 1. The van der Waals surface area contributed by atoms with Crippen LogP contribution in [-0.2, 0) is 9.53 Å². The van der Waals surface area contributed by atoms with E-state index in [9.17, 15) is 13.6 Å². The van der Waals surface area contributed by atoms with Gasteiger partial charge in [0, 0.05) is 37.2 Å². The molecule has 0 bridgehead atoms. The lowest BCUT2D eigenvalue weighted by atomic mass is 9.92. The molecule has 1 saturated heterocycles. The van der Waals surface area contributed by atoms with Crippen LogP contribution < -0.4 is 16.0 Å². The van der Waals surface area contributed by atoms with Gasteiger partial charge in [-0.1, -0.05) is 0 Å². The summed E-state index contributed by atoms with van der Waals surface area (Å²) in [6.45, 7) is 4.94. The van der Waals surface area contributed by atoms with Crippen LogP contribution in [-0.4, -0.2) is 63.4 Å². The van der Waals surface area contributed by atoms with Gasteiger partial charge in [0.05, 0.1) is 18.8 Å². The molecule has 0 aromatic carbocycles. The molecule has 2 aromatic rings. The molecule has 1 aliphatic heterocycles. The minimum atomic E-state index is -2.60. The minimum absolute atomic E-state index is 0.0984. The average molecular weight is 435 g/mol. The molecule has 1 aliphatic carbocycles. The number of primary amides is 1. The monoisotopic (exact) mass is 435 g/mol. The van der Waals surface area contributed by atoms with Crippen LogP contribution in [0.4, 0.5) is 20.4 Å². The number of anilines is 2. The van der Waals surface area contributed by atoms with Crippen LogP contribution in [0.2, 0.25) is 0 Å². The molecule has 0 spiro atoms. The second kappa shape index (κ2) is 8.37. The number of nitrogens with zero attached hydrogens (tertiary/aromatic N) is 5. The molecule has 2 fully saturated rings. The number of ether oxygens (including phenoxy) is 1. The summed E-state index contributed by atoms with van der Waals surface area (Å²) in [6.07, 6.45) is -0.281. The Balaban J connectivity index is 1.64. The van der Waals surface area contributed by atoms with Crippen molar-refractivity contribution >= 4 is 17.5 Å². The van der Waals surface area contributed by atoms with Crippen LogP contribution in [0, 0.1) is 13.8 Å². The Labute approximate surface area is 179 Å². The SMILES string of the molecule is Cc1cc(C)n(-c2nc(NC3CCC(F)(F)CC3)cc(N3CCOC(C(N)=O)C3)n2)n1. The van der Waals surface area contributed by atoms with E-state index in [-0.39, 0.29) is 25.4 Å². The lowest BCUT2D eigenvalue weighted by Gasteiger charge is -2.33. The molecule has 4 rings (SSSR count). The Hall–Kier alpha value is -2.82. The molecule has 0 radical (unpaired) electrons. The number of rotatable bonds is 5. The number of carbonyl (C=O) groups is 1. The van der Waals surface area contributed by atoms with Crippen LogP contribution in [0.1, 0.15) is 37.1 Å². The lowest BCUT2D eigenvalue weighted by Crippen LogP contribution is -2.48. The fraction of sp³-hybridized carbons (Fsp3) is 0.600. The molecule has 1 unspecified atom stereocenters. The van der Waals surface area contributed by atoms with Gasteiger partial charge in [0.15, 0.2) is 6.10 Å². The van der Waals surface area contributed by atoms with Gasteiger partial charge >= 0.3 is 0 Å². The minimum Gasteiger partial charge on any atom is -0.367 e. The van der Waals surface area contributed by atoms with Gasteiger partial charge in [-0.2, -0.15) is 15.1 Å². The highest BCUT2D eigenvalue weighted by Crippen LogP contribution is 2.34. The number of halogens is 2. The number of amides is 1. The predicted molar refractivity (Wildman–Crippen MR) is 111 cm³/mol. The van der Waals surface area contributed by atoms with E-state index in [0.717, 1.165) is 11.4 Å². The number of hydrogen-bond donors (Lipinski definition) is 2. The van der Waals surface area contributed by atoms with Gasteiger partial charge in [-0.3, -0.25) is 4.79 Å². The summed E-state index contributed by atoms with van der Waals surface area (Å²) < 4.78 is 34.2. The number of morpholine rings is 1. The number of alkyl halides is 2. The van der Waals surface area contributed by atoms with Crippen molar-refractivity contribution in [1.82, 2.24) is 19.7 Å². The van der Waals surface area contributed by atoms with Crippen molar-refractivity contribution in [2.45, 2.75) is 57.6 Å². The van der Waals surface area contributed by atoms with Crippen LogP contribution in [0.25, 0.3) is 5.95 Å². The van der Waals surface area contributed by atoms with Crippen molar-refractivity contribution in [3.63, 3.8) is 0 Å². The van der Waals surface area contributed by atoms with E-state index in [0.29, 0.717) is 43.6 Å². The Morgan fingerprint density at radius 1 is 1.26 bits per heavy atom. The number of aryl methyl sites for hydroxylation is 2. The molecule has 9 nitrogen and oxygen atoms in total. The first-order chi connectivity index (χ1) is 14.7. The highest BCUT2D eigenvalue weighted by Gasteiger charge is 2.35. The van der Waals surface area contributed by atoms with Crippen molar-refractivity contribution in [3.8, 4) is 5.95 Å². The molecule has 1 saturated carbocycles. The van der Waals surface area contributed by atoms with Gasteiger partial charge < -0.3 is 20.7 Å². The van der Waals surface area contributed by atoms with E-state index in [1.54, 1.807) is 10.7 Å². The molecule has 2 aliphatic rings. The highest BCUT2D eigenvalue weighted by molar-refractivity contribution is 5.79. The third-order valence-electron chi connectivity index (χ3n) is 5.68. The Kier molecular flexibility index (Phi) is 5.78. The fourth-order valence-electron chi connectivity index (χ4n) is 4.01. The van der Waals surface area contributed by atoms with Crippen LogP contribution in [0.3, 0.4) is 0 Å². The van der Waals surface area contributed by atoms with Gasteiger partial charge in [0.25, 0.3) is 5.95 Å². The molecule has 1 amide bonds. The maximum Gasteiger partial charge on any atom is 0.254 e. The smallest absolute Gasteiger partial charge is 0.254 e. The zero-order chi connectivity index (χ0) is 22.2. The number of nitrogens with two attached hydrogens (primary N) is 1. The van der Waals surface area contributed by atoms with Crippen molar-refractivity contribution in [1.29, 1.82) is 0 Å². The van der Waals surface area contributed by atoms with Crippen molar-refractivity contribution in [3.05, 3.63) is 23.5 Å². The van der Waals surface area contributed by atoms with E-state index in [2.05, 4.69) is 20.4 Å². The fourth-order valence-corrected chi connectivity index (χ4v) is 4.01. The zero-order valence-corrected chi connectivity index (χ0v) is 17.6. The summed E-state index contributed by atoms with van der Waals surface area (Å²) in [5.74, 6) is -1.63. The van der Waals surface area contributed by atoms with Crippen LogP contribution in [0.15, 0.2) is 12.1 Å². The molecule has 168 valence electrons. The lowest BCUT2D eigenvalue weighted by molar-refractivity contribution is -0.130. The van der Waals surface area contributed by atoms with E-state index in [4.69, 9.17) is 10.5 Å². The second-order valence-corrected chi connectivity index (χ2v) is 8.23. The number of hydrogen-bond acceptors (Lipinski definition) is 7. The van der Waals surface area contributed by atoms with Crippen LogP contribution >= 0.6 is 0 Å². The van der Waals surface area contributed by atoms with Crippen molar-refractivity contribution < 1.29 is 18.3 Å².